The van der Waals surface area contributed by atoms with Crippen molar-refractivity contribution < 1.29 is 48.7 Å². The highest BCUT2D eigenvalue weighted by molar-refractivity contribution is 5.77. The van der Waals surface area contributed by atoms with Crippen LogP contribution in [0.4, 0.5) is 0 Å². The minimum atomic E-state index is -0.510. The monoisotopic (exact) mass is 1130 g/mol. The van der Waals surface area contributed by atoms with Gasteiger partial charge in [-0.15, -0.1) is 0 Å². The lowest BCUT2D eigenvalue weighted by Gasteiger charge is -2.21. The maximum Gasteiger partial charge on any atom is 0.220 e. The summed E-state index contributed by atoms with van der Waals surface area (Å²) in [5, 5.41) is 36.8. The quantitative estimate of drug-likeness (QED) is 0.0217. The molecule has 6 atom stereocenters. The van der Waals surface area contributed by atoms with E-state index in [2.05, 4.69) is 110 Å². The fourth-order valence-electron chi connectivity index (χ4n) is 8.49. The predicted molar refractivity (Wildman–Crippen MR) is 330 cm³/mol. The number of hydrogen-bond donors (Lipinski definition) is 6. The Kier molecular flexibility index (Phi) is 35.2. The molecule has 13 nitrogen and oxygen atoms in total. The molecule has 0 heterocycles. The second kappa shape index (κ2) is 41.4. The molecule has 0 aliphatic rings. The van der Waals surface area contributed by atoms with Crippen LogP contribution in [-0.2, 0) is 71.9 Å². The topological polar surface area (TPSA) is 185 Å². The maximum atomic E-state index is 12.5. The van der Waals surface area contributed by atoms with E-state index in [1.807, 2.05) is 97.9 Å². The van der Waals surface area contributed by atoms with Crippen LogP contribution < -0.4 is 16.0 Å². The molecule has 0 aliphatic carbocycles. The Morgan fingerprint density at radius 1 is 0.402 bits per heavy atom. The summed E-state index contributed by atoms with van der Waals surface area (Å²) in [6.07, 6.45) is 4.51. The largest absolute Gasteiger partial charge is 0.394 e. The van der Waals surface area contributed by atoms with Gasteiger partial charge in [0, 0.05) is 19.3 Å². The molecule has 0 radical (unpaired) electrons. The summed E-state index contributed by atoms with van der Waals surface area (Å²) < 4.78 is 22.3. The number of ether oxygens (including phenoxy) is 4. The highest BCUT2D eigenvalue weighted by Gasteiger charge is 2.18. The lowest BCUT2D eigenvalue weighted by Crippen LogP contribution is -2.40. The Labute approximate surface area is 490 Å². The molecule has 0 fully saturated rings. The van der Waals surface area contributed by atoms with Crippen molar-refractivity contribution in [2.75, 3.05) is 52.9 Å². The van der Waals surface area contributed by atoms with Crippen molar-refractivity contribution in [3.8, 4) is 0 Å². The standard InChI is InChI=1S/C25H35NO4.C22H29NO3.C21H27NO3.CH4/c1-19-9-11-23(12-10-19)15-24(18-29-17-21(3)30-16-20(2)27)26-25(28)14-13-22-7-5-4-6-8-22;1-17-8-10-20(11-9-17)14-21(16-26-15-18(2)24)23-22(25)13-12-19-6-4-3-5-7-19;1-17-7-9-19(10-8-17)15-20(16-25-14-13-23)22-21(24)12-11-18-5-3-2-4-6-18;/h4-12,20-21,24,27H,13-18H2,1-3H3,(H,26,28);3-11,18,21,24H,12-16H2,1-2H3,(H,23,25);2-10,20,23H,11-16H2,1H3,(H,22,24);1H4. The Hall–Kier alpha value is -6.55. The van der Waals surface area contributed by atoms with Gasteiger partial charge in [-0.05, 0) is 113 Å². The van der Waals surface area contributed by atoms with Gasteiger partial charge >= 0.3 is 0 Å². The Bertz CT molecular complexity index is 2580. The third-order valence-corrected chi connectivity index (χ3v) is 12.9. The summed E-state index contributed by atoms with van der Waals surface area (Å²) in [5.41, 5.74) is 10.6. The van der Waals surface area contributed by atoms with E-state index >= 15 is 0 Å². The minimum Gasteiger partial charge on any atom is -0.394 e. The molecule has 446 valence electrons. The molecular formula is C69H95N3O10. The molecule has 13 heteroatoms. The summed E-state index contributed by atoms with van der Waals surface area (Å²) in [6, 6.07) is 54.6. The van der Waals surface area contributed by atoms with Gasteiger partial charge in [-0.25, -0.2) is 0 Å². The van der Waals surface area contributed by atoms with E-state index in [4.69, 9.17) is 24.1 Å². The van der Waals surface area contributed by atoms with Crippen LogP contribution in [0.25, 0.3) is 0 Å². The molecule has 3 amide bonds. The number of amides is 3. The molecule has 0 bridgehead atoms. The highest BCUT2D eigenvalue weighted by Crippen LogP contribution is 2.12. The smallest absolute Gasteiger partial charge is 0.220 e. The Balaban J connectivity index is 0.000000322. The molecule has 6 rings (SSSR count). The second-order valence-corrected chi connectivity index (χ2v) is 21.0. The van der Waals surface area contributed by atoms with Gasteiger partial charge in [0.2, 0.25) is 17.7 Å². The highest BCUT2D eigenvalue weighted by atomic mass is 16.5. The number of rotatable bonds is 33. The van der Waals surface area contributed by atoms with E-state index in [0.29, 0.717) is 65.0 Å². The van der Waals surface area contributed by atoms with Gasteiger partial charge in [-0.3, -0.25) is 14.4 Å². The van der Waals surface area contributed by atoms with Crippen molar-refractivity contribution in [3.63, 3.8) is 0 Å². The van der Waals surface area contributed by atoms with Crippen molar-refractivity contribution >= 4 is 17.7 Å². The van der Waals surface area contributed by atoms with Crippen LogP contribution >= 0.6 is 0 Å². The van der Waals surface area contributed by atoms with E-state index < -0.39 is 12.2 Å². The normalized spacial score (nSPS) is 13.0. The number of aryl methyl sites for hydroxylation is 6. The van der Waals surface area contributed by atoms with E-state index in [0.717, 1.165) is 52.6 Å². The zero-order valence-electron chi connectivity index (χ0n) is 48.8. The first-order chi connectivity index (χ1) is 39.1. The predicted octanol–water partition coefficient (Wildman–Crippen LogP) is 9.81. The number of benzene rings is 6. The van der Waals surface area contributed by atoms with Gasteiger partial charge in [0.1, 0.15) is 0 Å². The van der Waals surface area contributed by atoms with Crippen molar-refractivity contribution in [1.29, 1.82) is 0 Å². The molecule has 0 spiro atoms. The van der Waals surface area contributed by atoms with Gasteiger partial charge in [-0.2, -0.15) is 0 Å². The zero-order chi connectivity index (χ0) is 58.5. The van der Waals surface area contributed by atoms with Crippen LogP contribution in [0, 0.1) is 20.8 Å². The molecule has 0 saturated carbocycles. The van der Waals surface area contributed by atoms with Crippen LogP contribution in [0.2, 0.25) is 0 Å². The van der Waals surface area contributed by atoms with Crippen LogP contribution in [-0.4, -0.2) is 122 Å². The Morgan fingerprint density at radius 2 is 0.707 bits per heavy atom. The van der Waals surface area contributed by atoms with Crippen molar-refractivity contribution in [2.24, 2.45) is 0 Å². The second-order valence-electron chi connectivity index (χ2n) is 21.0. The molecule has 6 N–H and O–H groups in total. The van der Waals surface area contributed by atoms with Gasteiger partial charge < -0.3 is 50.2 Å². The van der Waals surface area contributed by atoms with Crippen LogP contribution in [0.15, 0.2) is 164 Å². The van der Waals surface area contributed by atoms with Gasteiger partial charge in [0.05, 0.1) is 89.3 Å². The van der Waals surface area contributed by atoms with E-state index in [-0.39, 0.29) is 75.8 Å². The van der Waals surface area contributed by atoms with Gasteiger partial charge in [-0.1, -0.05) is 188 Å². The molecule has 0 saturated heterocycles. The summed E-state index contributed by atoms with van der Waals surface area (Å²) in [7, 11) is 0. The molecule has 6 unspecified atom stereocenters. The van der Waals surface area contributed by atoms with E-state index in [1.165, 1.54) is 16.7 Å². The van der Waals surface area contributed by atoms with Crippen molar-refractivity contribution in [1.82, 2.24) is 16.0 Å². The number of nitrogens with one attached hydrogen (secondary N) is 3. The average molecular weight is 1130 g/mol. The third kappa shape index (κ3) is 32.8. The molecule has 0 aromatic heterocycles. The number of hydrogen-bond acceptors (Lipinski definition) is 10. The van der Waals surface area contributed by atoms with Crippen LogP contribution in [0.3, 0.4) is 0 Å². The lowest BCUT2D eigenvalue weighted by atomic mass is 10.0. The van der Waals surface area contributed by atoms with E-state index in [9.17, 15) is 24.6 Å². The first kappa shape index (κ1) is 69.7. The zero-order valence-corrected chi connectivity index (χ0v) is 48.8. The average Bonchev–Trinajstić information content (AvgIpc) is 3.46. The van der Waals surface area contributed by atoms with E-state index in [1.54, 1.807) is 13.8 Å². The minimum absolute atomic E-state index is 0. The van der Waals surface area contributed by atoms with Crippen molar-refractivity contribution in [2.45, 2.75) is 143 Å². The number of aliphatic hydroxyl groups is 3. The fourth-order valence-corrected chi connectivity index (χ4v) is 8.49. The fraction of sp³-hybridized carbons (Fsp3) is 0.435. The van der Waals surface area contributed by atoms with Gasteiger partial charge in [0.25, 0.3) is 0 Å². The number of aliphatic hydroxyl groups excluding tert-OH is 3. The van der Waals surface area contributed by atoms with Crippen LogP contribution in [0.1, 0.15) is 97.5 Å². The third-order valence-electron chi connectivity index (χ3n) is 12.9. The number of carbonyl (C=O) groups is 3. The first-order valence-electron chi connectivity index (χ1n) is 28.6. The molecule has 0 aliphatic heterocycles. The molecular weight excluding hydrogens is 1030 g/mol. The van der Waals surface area contributed by atoms with Crippen LogP contribution in [0.5, 0.6) is 0 Å². The molecule has 82 heavy (non-hydrogen) atoms. The Morgan fingerprint density at radius 3 is 1.01 bits per heavy atom. The first-order valence-corrected chi connectivity index (χ1v) is 28.6. The van der Waals surface area contributed by atoms with Crippen molar-refractivity contribution in [3.05, 3.63) is 214 Å². The van der Waals surface area contributed by atoms with Gasteiger partial charge in [0.15, 0.2) is 0 Å². The molecule has 6 aromatic rings. The SMILES string of the molecule is C.Cc1ccc(CC(COCC(C)O)NC(=O)CCc2ccccc2)cc1.Cc1ccc(CC(COCC(C)OCC(C)O)NC(=O)CCc2ccccc2)cc1.Cc1ccc(CC(COCCO)NC(=O)CCc2ccccc2)cc1. The maximum absolute atomic E-state index is 12.5. The lowest BCUT2D eigenvalue weighted by molar-refractivity contribution is -0.123. The summed E-state index contributed by atoms with van der Waals surface area (Å²) in [4.78, 5) is 37.2. The molecule has 6 aromatic carbocycles. The summed E-state index contributed by atoms with van der Waals surface area (Å²) in [6.45, 7) is 13.9. The summed E-state index contributed by atoms with van der Waals surface area (Å²) in [5.74, 6) is 0.0677. The number of carbonyl (C=O) groups excluding carboxylic acids is 3. The summed E-state index contributed by atoms with van der Waals surface area (Å²) >= 11 is 0.